The number of fused-ring (bicyclic) bond motifs is 1. The van der Waals surface area contributed by atoms with Gasteiger partial charge in [0, 0.05) is 11.8 Å². The Bertz CT molecular complexity index is 517. The smallest absolute Gasteiger partial charge is 0.156 e. The van der Waals surface area contributed by atoms with Gasteiger partial charge in [0.25, 0.3) is 0 Å². The number of ketones is 1. The maximum atomic E-state index is 11.6. The van der Waals surface area contributed by atoms with Crippen molar-refractivity contribution in [2.24, 2.45) is 17.3 Å². The molecule has 2 unspecified atom stereocenters. The van der Waals surface area contributed by atoms with Crippen LogP contribution in [0.15, 0.2) is 22.8 Å². The summed E-state index contributed by atoms with van der Waals surface area (Å²) in [6, 6.07) is 0. The summed E-state index contributed by atoms with van der Waals surface area (Å²) in [6.45, 7) is 4.29. The fraction of sp³-hybridized carbons (Fsp3) is 0.722. The molecule has 4 atom stereocenters. The van der Waals surface area contributed by atoms with Crippen molar-refractivity contribution in [1.29, 1.82) is 0 Å². The van der Waals surface area contributed by atoms with E-state index in [1.165, 1.54) is 16.7 Å². The van der Waals surface area contributed by atoms with Crippen LogP contribution in [-0.2, 0) is 4.79 Å². The van der Waals surface area contributed by atoms with E-state index in [-0.39, 0.29) is 17.8 Å². The molecule has 1 fully saturated rings. The van der Waals surface area contributed by atoms with Gasteiger partial charge in [-0.3, -0.25) is 4.79 Å². The second kappa shape index (κ2) is 5.36. The quantitative estimate of drug-likeness (QED) is 0.822. The molecule has 0 heterocycles. The minimum Gasteiger partial charge on any atom is -0.396 e. The zero-order valence-corrected chi connectivity index (χ0v) is 13.1. The Kier molecular flexibility index (Phi) is 3.83. The van der Waals surface area contributed by atoms with Crippen LogP contribution in [0.2, 0.25) is 0 Å². The number of rotatable bonds is 2. The Hall–Kier alpha value is -0.930. The van der Waals surface area contributed by atoms with Crippen LogP contribution in [0.25, 0.3) is 0 Å². The van der Waals surface area contributed by atoms with Gasteiger partial charge in [0.05, 0.1) is 12.7 Å². The second-order valence-electron chi connectivity index (χ2n) is 7.31. The highest BCUT2D eigenvalue weighted by molar-refractivity contribution is 5.93. The lowest BCUT2D eigenvalue weighted by Gasteiger charge is -2.41. The van der Waals surface area contributed by atoms with E-state index >= 15 is 0 Å². The molecule has 0 spiro atoms. The molecule has 21 heavy (non-hydrogen) atoms. The third-order valence-electron chi connectivity index (χ3n) is 6.29. The van der Waals surface area contributed by atoms with Gasteiger partial charge in [-0.15, -0.1) is 0 Å². The van der Waals surface area contributed by atoms with E-state index in [0.717, 1.165) is 32.1 Å². The SMILES string of the molecule is CC1=C2CCC(=O)C=C2CCC1C1CC[C@H](O)[C@@]1(C)CO. The van der Waals surface area contributed by atoms with Crippen LogP contribution < -0.4 is 0 Å². The van der Waals surface area contributed by atoms with Crippen molar-refractivity contribution in [2.75, 3.05) is 6.61 Å². The number of carbonyl (C=O) groups is 1. The molecular weight excluding hydrogens is 264 g/mol. The number of hydrogen-bond donors (Lipinski definition) is 2. The van der Waals surface area contributed by atoms with Gasteiger partial charge in [0.1, 0.15) is 0 Å². The summed E-state index contributed by atoms with van der Waals surface area (Å²) < 4.78 is 0. The highest BCUT2D eigenvalue weighted by atomic mass is 16.3. The molecule has 0 aliphatic heterocycles. The molecule has 3 aliphatic rings. The van der Waals surface area contributed by atoms with Crippen molar-refractivity contribution in [3.05, 3.63) is 22.8 Å². The van der Waals surface area contributed by atoms with Gasteiger partial charge in [-0.05, 0) is 68.1 Å². The predicted molar refractivity (Wildman–Crippen MR) is 81.7 cm³/mol. The van der Waals surface area contributed by atoms with E-state index in [2.05, 4.69) is 6.92 Å². The van der Waals surface area contributed by atoms with E-state index in [4.69, 9.17) is 0 Å². The van der Waals surface area contributed by atoms with Gasteiger partial charge < -0.3 is 10.2 Å². The summed E-state index contributed by atoms with van der Waals surface area (Å²) >= 11 is 0. The summed E-state index contributed by atoms with van der Waals surface area (Å²) in [4.78, 5) is 11.6. The maximum Gasteiger partial charge on any atom is 0.156 e. The van der Waals surface area contributed by atoms with E-state index in [9.17, 15) is 15.0 Å². The van der Waals surface area contributed by atoms with Crippen molar-refractivity contribution in [3.8, 4) is 0 Å². The van der Waals surface area contributed by atoms with Crippen LogP contribution >= 0.6 is 0 Å². The summed E-state index contributed by atoms with van der Waals surface area (Å²) in [5.41, 5.74) is 3.65. The molecule has 0 saturated heterocycles. The maximum absolute atomic E-state index is 11.6. The van der Waals surface area contributed by atoms with Crippen molar-refractivity contribution >= 4 is 5.78 Å². The molecule has 0 bridgehead atoms. The number of aliphatic hydroxyl groups is 2. The first-order chi connectivity index (χ1) is 9.97. The molecule has 0 radical (unpaired) electrons. The lowest BCUT2D eigenvalue weighted by Crippen LogP contribution is -2.40. The summed E-state index contributed by atoms with van der Waals surface area (Å²) in [7, 11) is 0. The fourth-order valence-electron chi connectivity index (χ4n) is 4.82. The number of allylic oxidation sites excluding steroid dienone is 4. The number of carbonyl (C=O) groups excluding carboxylic acids is 1. The van der Waals surface area contributed by atoms with Gasteiger partial charge in [0.2, 0.25) is 0 Å². The first kappa shape index (κ1) is 15.0. The van der Waals surface area contributed by atoms with Gasteiger partial charge in [-0.25, -0.2) is 0 Å². The van der Waals surface area contributed by atoms with Crippen LogP contribution in [0.5, 0.6) is 0 Å². The summed E-state index contributed by atoms with van der Waals surface area (Å²) in [5, 5.41) is 20.1. The lowest BCUT2D eigenvalue weighted by atomic mass is 9.64. The first-order valence-electron chi connectivity index (χ1n) is 8.19. The Labute approximate surface area is 126 Å². The molecule has 3 nitrogen and oxygen atoms in total. The molecule has 3 aliphatic carbocycles. The normalized spacial score (nSPS) is 40.3. The van der Waals surface area contributed by atoms with Crippen molar-refractivity contribution in [3.63, 3.8) is 0 Å². The number of aliphatic hydroxyl groups excluding tert-OH is 2. The molecule has 2 N–H and O–H groups in total. The van der Waals surface area contributed by atoms with Gasteiger partial charge in [-0.1, -0.05) is 12.5 Å². The van der Waals surface area contributed by atoms with Crippen LogP contribution in [0, 0.1) is 17.3 Å². The Morgan fingerprint density at radius 1 is 1.24 bits per heavy atom. The fourth-order valence-corrected chi connectivity index (χ4v) is 4.82. The topological polar surface area (TPSA) is 57.5 Å². The van der Waals surface area contributed by atoms with Crippen molar-refractivity contribution in [1.82, 2.24) is 0 Å². The summed E-state index contributed by atoms with van der Waals surface area (Å²) in [5.74, 6) is 1.06. The van der Waals surface area contributed by atoms with Crippen molar-refractivity contribution in [2.45, 2.75) is 58.5 Å². The van der Waals surface area contributed by atoms with Crippen LogP contribution in [-0.4, -0.2) is 28.7 Å². The average molecular weight is 290 g/mol. The largest absolute Gasteiger partial charge is 0.396 e. The molecule has 0 amide bonds. The van der Waals surface area contributed by atoms with E-state index in [1.54, 1.807) is 0 Å². The molecule has 0 aromatic rings. The molecule has 0 aromatic carbocycles. The Balaban J connectivity index is 1.93. The van der Waals surface area contributed by atoms with Gasteiger partial charge >= 0.3 is 0 Å². The molecular formula is C18H26O3. The second-order valence-corrected chi connectivity index (χ2v) is 7.31. The molecule has 0 aromatic heterocycles. The van der Waals surface area contributed by atoms with Crippen LogP contribution in [0.1, 0.15) is 52.4 Å². The third kappa shape index (κ3) is 2.31. The monoisotopic (exact) mass is 290 g/mol. The molecule has 116 valence electrons. The van der Waals surface area contributed by atoms with Gasteiger partial charge in [0.15, 0.2) is 5.78 Å². The minimum atomic E-state index is -0.393. The minimum absolute atomic E-state index is 0.0547. The van der Waals surface area contributed by atoms with E-state index < -0.39 is 6.10 Å². The Morgan fingerprint density at radius 3 is 2.71 bits per heavy atom. The molecule has 1 saturated carbocycles. The first-order valence-corrected chi connectivity index (χ1v) is 8.19. The van der Waals surface area contributed by atoms with Gasteiger partial charge in [-0.2, -0.15) is 0 Å². The highest BCUT2D eigenvalue weighted by Crippen LogP contribution is 2.53. The van der Waals surface area contributed by atoms with Crippen LogP contribution in [0.4, 0.5) is 0 Å². The van der Waals surface area contributed by atoms with Crippen molar-refractivity contribution < 1.29 is 15.0 Å². The average Bonchev–Trinajstić information content (AvgIpc) is 2.76. The van der Waals surface area contributed by atoms with E-state index in [1.807, 2.05) is 13.0 Å². The lowest BCUT2D eigenvalue weighted by molar-refractivity contribution is -0.114. The van der Waals surface area contributed by atoms with Crippen LogP contribution in [0.3, 0.4) is 0 Å². The predicted octanol–water partition coefficient (Wildman–Crippen LogP) is 2.77. The zero-order chi connectivity index (χ0) is 15.2. The third-order valence-corrected chi connectivity index (χ3v) is 6.29. The number of hydrogen-bond acceptors (Lipinski definition) is 3. The Morgan fingerprint density at radius 2 is 2.00 bits per heavy atom. The highest BCUT2D eigenvalue weighted by Gasteiger charge is 2.49. The standard InChI is InChI=1S/C18H26O3/c1-11-14-6-4-13(20)9-12(14)3-5-15(11)16-7-8-17(21)18(16,2)10-19/h9,15-17,19,21H,3-8,10H2,1-2H3/t15?,16?,17-,18-/m0/s1. The van der Waals surface area contributed by atoms with E-state index in [0.29, 0.717) is 18.3 Å². The molecule has 3 heteroatoms. The summed E-state index contributed by atoms with van der Waals surface area (Å²) in [6.07, 6.45) is 6.75. The zero-order valence-electron chi connectivity index (χ0n) is 13.1. The molecule has 3 rings (SSSR count).